The number of benzene rings is 5. The number of hydrogen-bond donors (Lipinski definition) is 0. The summed E-state index contributed by atoms with van der Waals surface area (Å²) in [5.41, 5.74) is 4.62. The first-order valence-corrected chi connectivity index (χ1v) is 9.44. The van der Waals surface area contributed by atoms with Crippen LogP contribution in [0.15, 0.2) is 103 Å². The van der Waals surface area contributed by atoms with Crippen LogP contribution in [0.3, 0.4) is 0 Å². The van der Waals surface area contributed by atoms with E-state index < -0.39 is 0 Å². The molecular weight excluding hydrogens is 348 g/mol. The van der Waals surface area contributed by atoms with Gasteiger partial charge in [0.1, 0.15) is 0 Å². The summed E-state index contributed by atoms with van der Waals surface area (Å²) in [4.78, 5) is 0. The quantitative estimate of drug-likeness (QED) is 0.278. The summed E-state index contributed by atoms with van der Waals surface area (Å²) in [7, 11) is 0. The molecule has 128 valence electrons. The molecule has 5 aromatic rings. The molecule has 5 rings (SSSR count). The molecule has 0 spiro atoms. The lowest BCUT2D eigenvalue weighted by molar-refractivity contribution is 1.60. The van der Waals surface area contributed by atoms with Gasteiger partial charge in [-0.05, 0) is 68.1 Å². The standard InChI is InChI=1S/C26H17Cl/c27-24-16-22(18-6-2-1-3-7-18)15-23(17-24)20-12-13-26-21(14-20)11-10-19-8-4-5-9-25(19)26/h1-17H. The number of halogens is 1. The zero-order valence-corrected chi connectivity index (χ0v) is 15.4. The maximum atomic E-state index is 6.45. The highest BCUT2D eigenvalue weighted by atomic mass is 35.5. The second-order valence-electron chi connectivity index (χ2n) is 6.82. The molecule has 0 heterocycles. The summed E-state index contributed by atoms with van der Waals surface area (Å²) in [6.45, 7) is 0. The lowest BCUT2D eigenvalue weighted by Crippen LogP contribution is -1.84. The average molecular weight is 365 g/mol. The van der Waals surface area contributed by atoms with Gasteiger partial charge in [-0.15, -0.1) is 0 Å². The third-order valence-corrected chi connectivity index (χ3v) is 5.30. The molecule has 0 aliphatic carbocycles. The first kappa shape index (κ1) is 16.1. The van der Waals surface area contributed by atoms with Crippen LogP contribution in [-0.2, 0) is 0 Å². The van der Waals surface area contributed by atoms with Crippen LogP contribution < -0.4 is 0 Å². The Balaban J connectivity index is 1.67. The summed E-state index contributed by atoms with van der Waals surface area (Å²) in [5, 5.41) is 5.84. The van der Waals surface area contributed by atoms with E-state index in [9.17, 15) is 0 Å². The van der Waals surface area contributed by atoms with Crippen LogP contribution in [0.2, 0.25) is 5.02 Å². The molecule has 0 fully saturated rings. The molecule has 0 bridgehead atoms. The zero-order valence-electron chi connectivity index (χ0n) is 14.7. The van der Waals surface area contributed by atoms with Gasteiger partial charge >= 0.3 is 0 Å². The fraction of sp³-hybridized carbons (Fsp3) is 0. The Hall–Kier alpha value is -3.09. The highest BCUT2D eigenvalue weighted by Gasteiger charge is 2.07. The van der Waals surface area contributed by atoms with Gasteiger partial charge in [0.05, 0.1) is 0 Å². The monoisotopic (exact) mass is 364 g/mol. The normalized spacial score (nSPS) is 11.1. The van der Waals surface area contributed by atoms with Gasteiger partial charge in [-0.1, -0.05) is 90.5 Å². The van der Waals surface area contributed by atoms with E-state index in [1.165, 1.54) is 32.7 Å². The molecule has 0 nitrogen and oxygen atoms in total. The van der Waals surface area contributed by atoms with Crippen molar-refractivity contribution < 1.29 is 0 Å². The van der Waals surface area contributed by atoms with E-state index >= 15 is 0 Å². The number of rotatable bonds is 2. The smallest absolute Gasteiger partial charge is 0.0418 e. The second kappa shape index (κ2) is 6.57. The molecule has 0 amide bonds. The largest absolute Gasteiger partial charge is 0.0843 e. The van der Waals surface area contributed by atoms with E-state index in [0.717, 1.165) is 16.1 Å². The zero-order chi connectivity index (χ0) is 18.2. The highest BCUT2D eigenvalue weighted by molar-refractivity contribution is 6.31. The Kier molecular flexibility index (Phi) is 3.92. The molecule has 27 heavy (non-hydrogen) atoms. The van der Waals surface area contributed by atoms with Crippen LogP contribution in [0.5, 0.6) is 0 Å². The molecule has 0 aliphatic heterocycles. The van der Waals surface area contributed by atoms with Crippen molar-refractivity contribution in [1.29, 1.82) is 0 Å². The molecule has 0 aliphatic rings. The summed E-state index contributed by atoms with van der Waals surface area (Å²) < 4.78 is 0. The Morgan fingerprint density at radius 3 is 1.93 bits per heavy atom. The van der Waals surface area contributed by atoms with Gasteiger partial charge in [-0.25, -0.2) is 0 Å². The summed E-state index contributed by atoms with van der Waals surface area (Å²) in [6.07, 6.45) is 0. The molecule has 5 aromatic carbocycles. The topological polar surface area (TPSA) is 0 Å². The summed E-state index contributed by atoms with van der Waals surface area (Å²) in [5.74, 6) is 0. The molecule has 0 N–H and O–H groups in total. The van der Waals surface area contributed by atoms with E-state index in [-0.39, 0.29) is 0 Å². The maximum absolute atomic E-state index is 6.45. The van der Waals surface area contributed by atoms with Crippen molar-refractivity contribution in [3.63, 3.8) is 0 Å². The average Bonchev–Trinajstić information content (AvgIpc) is 2.73. The third kappa shape index (κ3) is 2.99. The minimum Gasteiger partial charge on any atom is -0.0843 e. The van der Waals surface area contributed by atoms with Gasteiger partial charge in [0, 0.05) is 5.02 Å². The van der Waals surface area contributed by atoms with Gasteiger partial charge < -0.3 is 0 Å². The van der Waals surface area contributed by atoms with E-state index in [4.69, 9.17) is 11.6 Å². The second-order valence-corrected chi connectivity index (χ2v) is 7.25. The van der Waals surface area contributed by atoms with Crippen molar-refractivity contribution in [3.05, 3.63) is 108 Å². The lowest BCUT2D eigenvalue weighted by Gasteiger charge is -2.10. The van der Waals surface area contributed by atoms with Crippen molar-refractivity contribution in [2.75, 3.05) is 0 Å². The molecule has 0 radical (unpaired) electrons. The summed E-state index contributed by atoms with van der Waals surface area (Å²) in [6, 6.07) is 36.2. The molecule has 0 atom stereocenters. The van der Waals surface area contributed by atoms with E-state index in [0.29, 0.717) is 0 Å². The Bertz CT molecular complexity index is 1270. The minimum absolute atomic E-state index is 0.755. The molecule has 0 unspecified atom stereocenters. The summed E-state index contributed by atoms with van der Waals surface area (Å²) >= 11 is 6.45. The van der Waals surface area contributed by atoms with Crippen LogP contribution >= 0.6 is 11.6 Å². The predicted molar refractivity (Wildman–Crippen MR) is 117 cm³/mol. The van der Waals surface area contributed by atoms with Gasteiger partial charge in [0.2, 0.25) is 0 Å². The molecular formula is C26H17Cl. The van der Waals surface area contributed by atoms with Crippen LogP contribution in [0.1, 0.15) is 0 Å². The molecule has 0 saturated heterocycles. The SMILES string of the molecule is Clc1cc(-c2ccccc2)cc(-c2ccc3c(ccc4ccccc43)c2)c1. The molecule has 0 saturated carbocycles. The van der Waals surface area contributed by atoms with Gasteiger partial charge in [0.15, 0.2) is 0 Å². The van der Waals surface area contributed by atoms with Crippen molar-refractivity contribution in [2.24, 2.45) is 0 Å². The van der Waals surface area contributed by atoms with Crippen molar-refractivity contribution in [3.8, 4) is 22.3 Å². The van der Waals surface area contributed by atoms with Gasteiger partial charge in [0.25, 0.3) is 0 Å². The first-order valence-electron chi connectivity index (χ1n) is 9.06. The molecule has 0 aromatic heterocycles. The van der Waals surface area contributed by atoms with Crippen molar-refractivity contribution in [2.45, 2.75) is 0 Å². The minimum atomic E-state index is 0.755. The Labute approximate surface area is 163 Å². The first-order chi connectivity index (χ1) is 13.3. The van der Waals surface area contributed by atoms with E-state index in [1.54, 1.807) is 0 Å². The third-order valence-electron chi connectivity index (χ3n) is 5.08. The van der Waals surface area contributed by atoms with Crippen LogP contribution in [0, 0.1) is 0 Å². The van der Waals surface area contributed by atoms with E-state index in [1.807, 2.05) is 18.2 Å². The van der Waals surface area contributed by atoms with Crippen molar-refractivity contribution >= 4 is 33.1 Å². The molecule has 1 heteroatoms. The van der Waals surface area contributed by atoms with Crippen LogP contribution in [-0.4, -0.2) is 0 Å². The van der Waals surface area contributed by atoms with Crippen LogP contribution in [0.25, 0.3) is 43.8 Å². The maximum Gasteiger partial charge on any atom is 0.0418 e. The van der Waals surface area contributed by atoms with Gasteiger partial charge in [-0.3, -0.25) is 0 Å². The Morgan fingerprint density at radius 2 is 1.07 bits per heavy atom. The fourth-order valence-corrected chi connectivity index (χ4v) is 3.98. The predicted octanol–water partition coefficient (Wildman–Crippen LogP) is 7.98. The number of hydrogen-bond acceptors (Lipinski definition) is 0. The van der Waals surface area contributed by atoms with Crippen LogP contribution in [0.4, 0.5) is 0 Å². The van der Waals surface area contributed by atoms with E-state index in [2.05, 4.69) is 84.9 Å². The fourth-order valence-electron chi connectivity index (χ4n) is 3.75. The number of fused-ring (bicyclic) bond motifs is 3. The highest BCUT2D eigenvalue weighted by Crippen LogP contribution is 2.33. The lowest BCUT2D eigenvalue weighted by atomic mass is 9.95. The van der Waals surface area contributed by atoms with Crippen molar-refractivity contribution in [1.82, 2.24) is 0 Å². The Morgan fingerprint density at radius 1 is 0.407 bits per heavy atom. The van der Waals surface area contributed by atoms with Gasteiger partial charge in [-0.2, -0.15) is 0 Å².